The maximum atomic E-state index is 5.08. The van der Waals surface area contributed by atoms with E-state index in [1.54, 1.807) is 7.11 Å². The molecular weight excluding hydrogens is 288 g/mol. The van der Waals surface area contributed by atoms with Crippen LogP contribution >= 0.6 is 0 Å². The predicted molar refractivity (Wildman–Crippen MR) is 93.5 cm³/mol. The summed E-state index contributed by atoms with van der Waals surface area (Å²) < 4.78 is 5.08. The molecule has 0 unspecified atom stereocenters. The van der Waals surface area contributed by atoms with Crippen molar-refractivity contribution in [1.29, 1.82) is 0 Å². The van der Waals surface area contributed by atoms with E-state index in [2.05, 4.69) is 39.5 Å². The Labute approximate surface area is 137 Å². The van der Waals surface area contributed by atoms with Crippen LogP contribution in [0.5, 0.6) is 0 Å². The number of hydrogen-bond acceptors (Lipinski definition) is 5. The zero-order chi connectivity index (χ0) is 16.1. The lowest BCUT2D eigenvalue weighted by atomic mass is 10.0. The highest BCUT2D eigenvalue weighted by Crippen LogP contribution is 2.31. The molecule has 1 N–H and O–H groups in total. The topological polar surface area (TPSA) is 50.3 Å². The summed E-state index contributed by atoms with van der Waals surface area (Å²) in [7, 11) is 1.72. The van der Waals surface area contributed by atoms with Crippen LogP contribution in [0.25, 0.3) is 0 Å². The van der Waals surface area contributed by atoms with E-state index >= 15 is 0 Å². The van der Waals surface area contributed by atoms with Crippen LogP contribution in [0.3, 0.4) is 0 Å². The summed E-state index contributed by atoms with van der Waals surface area (Å²) in [6.45, 7) is 4.58. The van der Waals surface area contributed by atoms with Gasteiger partial charge in [0, 0.05) is 44.3 Å². The minimum Gasteiger partial charge on any atom is -0.385 e. The molecule has 1 aromatic heterocycles. The van der Waals surface area contributed by atoms with Gasteiger partial charge in [0.25, 0.3) is 0 Å². The van der Waals surface area contributed by atoms with Gasteiger partial charge in [-0.3, -0.25) is 0 Å². The molecule has 0 amide bonds. The van der Waals surface area contributed by atoms with Gasteiger partial charge < -0.3 is 15.0 Å². The molecule has 5 nitrogen and oxygen atoms in total. The fourth-order valence-electron chi connectivity index (χ4n) is 2.94. The average Bonchev–Trinajstić information content (AvgIpc) is 2.58. The standard InChI is InChI=1S/C18H24N4O/c1-14-13-17(19-10-6-12-23-2)21-18(20-14)22-11-5-8-15-7-3-4-9-16(15)22/h3-4,7,9,13H,5-6,8,10-12H2,1-2H3,(H,19,20,21). The summed E-state index contributed by atoms with van der Waals surface area (Å²) in [6.07, 6.45) is 3.22. The number of para-hydroxylation sites is 1. The zero-order valence-electron chi connectivity index (χ0n) is 13.9. The van der Waals surface area contributed by atoms with Crippen LogP contribution in [0.4, 0.5) is 17.5 Å². The number of methoxy groups -OCH3 is 1. The number of nitrogens with zero attached hydrogens (tertiary/aromatic N) is 3. The van der Waals surface area contributed by atoms with Gasteiger partial charge in [0.05, 0.1) is 0 Å². The van der Waals surface area contributed by atoms with Crippen molar-refractivity contribution in [2.45, 2.75) is 26.2 Å². The average molecular weight is 312 g/mol. The molecule has 3 rings (SSSR count). The molecule has 1 aromatic carbocycles. The van der Waals surface area contributed by atoms with Crippen molar-refractivity contribution in [2.24, 2.45) is 0 Å². The van der Waals surface area contributed by atoms with Gasteiger partial charge in [-0.05, 0) is 37.8 Å². The molecule has 0 bridgehead atoms. The summed E-state index contributed by atoms with van der Waals surface area (Å²) in [5, 5.41) is 3.37. The van der Waals surface area contributed by atoms with Crippen molar-refractivity contribution >= 4 is 17.5 Å². The minimum atomic E-state index is 0.753. The van der Waals surface area contributed by atoms with Gasteiger partial charge >= 0.3 is 0 Å². The fourth-order valence-corrected chi connectivity index (χ4v) is 2.94. The Balaban J connectivity index is 1.82. The number of benzene rings is 1. The van der Waals surface area contributed by atoms with Crippen molar-refractivity contribution in [3.63, 3.8) is 0 Å². The maximum absolute atomic E-state index is 5.08. The lowest BCUT2D eigenvalue weighted by Gasteiger charge is -2.29. The second-order valence-corrected chi connectivity index (χ2v) is 5.85. The highest BCUT2D eigenvalue weighted by Gasteiger charge is 2.20. The van der Waals surface area contributed by atoms with Crippen molar-refractivity contribution < 1.29 is 4.74 Å². The first kappa shape index (κ1) is 15.7. The third kappa shape index (κ3) is 3.79. The SMILES string of the molecule is COCCCNc1cc(C)nc(N2CCCc3ccccc32)n1. The Morgan fingerprint density at radius 1 is 1.26 bits per heavy atom. The normalized spacial score (nSPS) is 13.7. The van der Waals surface area contributed by atoms with Crippen LogP contribution in [0.2, 0.25) is 0 Å². The number of ether oxygens (including phenoxy) is 1. The number of hydrogen-bond donors (Lipinski definition) is 1. The monoisotopic (exact) mass is 312 g/mol. The summed E-state index contributed by atoms with van der Waals surface area (Å²) in [6, 6.07) is 10.5. The van der Waals surface area contributed by atoms with E-state index in [1.807, 2.05) is 13.0 Å². The van der Waals surface area contributed by atoms with Gasteiger partial charge in [-0.2, -0.15) is 4.98 Å². The molecule has 0 atom stereocenters. The Morgan fingerprint density at radius 3 is 3.00 bits per heavy atom. The Hall–Kier alpha value is -2.14. The molecule has 1 aliphatic heterocycles. The van der Waals surface area contributed by atoms with E-state index in [-0.39, 0.29) is 0 Å². The lowest BCUT2D eigenvalue weighted by Crippen LogP contribution is -2.26. The van der Waals surface area contributed by atoms with Gasteiger partial charge in [-0.1, -0.05) is 18.2 Å². The molecule has 0 aliphatic carbocycles. The Kier molecular flexibility index (Phi) is 5.08. The van der Waals surface area contributed by atoms with E-state index in [4.69, 9.17) is 9.72 Å². The number of rotatable bonds is 6. The molecule has 5 heteroatoms. The number of nitrogens with one attached hydrogen (secondary N) is 1. The van der Waals surface area contributed by atoms with Crippen LogP contribution in [0, 0.1) is 6.92 Å². The molecule has 2 aromatic rings. The van der Waals surface area contributed by atoms with E-state index in [0.29, 0.717) is 0 Å². The van der Waals surface area contributed by atoms with E-state index in [1.165, 1.54) is 11.3 Å². The highest BCUT2D eigenvalue weighted by molar-refractivity contribution is 5.64. The maximum Gasteiger partial charge on any atom is 0.232 e. The molecule has 1 aliphatic rings. The molecule has 23 heavy (non-hydrogen) atoms. The summed E-state index contributed by atoms with van der Waals surface area (Å²) in [4.78, 5) is 11.6. The molecule has 0 radical (unpaired) electrons. The first-order valence-corrected chi connectivity index (χ1v) is 8.22. The number of aromatic nitrogens is 2. The number of fused-ring (bicyclic) bond motifs is 1. The van der Waals surface area contributed by atoms with Crippen molar-refractivity contribution in [3.8, 4) is 0 Å². The van der Waals surface area contributed by atoms with Gasteiger partial charge in [-0.15, -0.1) is 0 Å². The smallest absolute Gasteiger partial charge is 0.232 e. The second kappa shape index (κ2) is 7.42. The molecular formula is C18H24N4O. The largest absolute Gasteiger partial charge is 0.385 e. The van der Waals surface area contributed by atoms with Crippen molar-refractivity contribution in [1.82, 2.24) is 9.97 Å². The van der Waals surface area contributed by atoms with E-state index in [9.17, 15) is 0 Å². The third-order valence-corrected chi connectivity index (χ3v) is 4.03. The first-order valence-electron chi connectivity index (χ1n) is 8.22. The number of anilines is 3. The molecule has 0 saturated carbocycles. The van der Waals surface area contributed by atoms with Crippen LogP contribution in [-0.4, -0.2) is 36.8 Å². The zero-order valence-corrected chi connectivity index (χ0v) is 13.9. The summed E-state index contributed by atoms with van der Waals surface area (Å²) >= 11 is 0. The lowest BCUT2D eigenvalue weighted by molar-refractivity contribution is 0.198. The highest BCUT2D eigenvalue weighted by atomic mass is 16.5. The summed E-state index contributed by atoms with van der Waals surface area (Å²) in [5.41, 5.74) is 3.58. The Bertz CT molecular complexity index is 659. The second-order valence-electron chi connectivity index (χ2n) is 5.85. The number of aryl methyl sites for hydroxylation is 2. The predicted octanol–water partition coefficient (Wildman–Crippen LogP) is 3.32. The van der Waals surface area contributed by atoms with E-state index in [0.717, 1.165) is 56.4 Å². The molecule has 122 valence electrons. The quantitative estimate of drug-likeness (QED) is 0.829. The van der Waals surface area contributed by atoms with Crippen LogP contribution in [0.15, 0.2) is 30.3 Å². The molecule has 0 saturated heterocycles. The van der Waals surface area contributed by atoms with Gasteiger partial charge in [0.15, 0.2) is 0 Å². The molecule has 2 heterocycles. The first-order chi connectivity index (χ1) is 11.3. The van der Waals surface area contributed by atoms with Crippen molar-refractivity contribution in [2.75, 3.05) is 37.0 Å². The van der Waals surface area contributed by atoms with Crippen LogP contribution < -0.4 is 10.2 Å². The van der Waals surface area contributed by atoms with Crippen molar-refractivity contribution in [3.05, 3.63) is 41.6 Å². The van der Waals surface area contributed by atoms with Crippen LogP contribution in [0.1, 0.15) is 24.1 Å². The minimum absolute atomic E-state index is 0.753. The van der Waals surface area contributed by atoms with Crippen LogP contribution in [-0.2, 0) is 11.2 Å². The van der Waals surface area contributed by atoms with E-state index < -0.39 is 0 Å². The Morgan fingerprint density at radius 2 is 2.13 bits per heavy atom. The van der Waals surface area contributed by atoms with Gasteiger partial charge in [0.1, 0.15) is 5.82 Å². The van der Waals surface area contributed by atoms with Gasteiger partial charge in [0.2, 0.25) is 5.95 Å². The third-order valence-electron chi connectivity index (χ3n) is 4.03. The van der Waals surface area contributed by atoms with Gasteiger partial charge in [-0.25, -0.2) is 4.98 Å². The summed E-state index contributed by atoms with van der Waals surface area (Å²) in [5.74, 6) is 1.66. The molecule has 0 spiro atoms. The fraction of sp³-hybridized carbons (Fsp3) is 0.444. The molecule has 0 fully saturated rings.